The lowest BCUT2D eigenvalue weighted by molar-refractivity contribution is -0.161. The summed E-state index contributed by atoms with van der Waals surface area (Å²) in [5, 5.41) is 9.69. The normalized spacial score (nSPS) is 13.1. The highest BCUT2D eigenvalue weighted by molar-refractivity contribution is 5.70. The average molecular weight is 1140 g/mol. The van der Waals surface area contributed by atoms with Crippen LogP contribution < -0.4 is 0 Å². The Morgan fingerprint density at radius 3 is 0.805 bits per heavy atom. The van der Waals surface area contributed by atoms with Gasteiger partial charge in [-0.15, -0.1) is 0 Å². The first-order chi connectivity index (χ1) is 40.6. The van der Waals surface area contributed by atoms with E-state index in [1.54, 1.807) is 0 Å². The van der Waals surface area contributed by atoms with Gasteiger partial charge in [0, 0.05) is 12.8 Å². The molecule has 5 heteroatoms. The van der Waals surface area contributed by atoms with Crippen LogP contribution in [-0.4, -0.2) is 36.4 Å². The minimum absolute atomic E-state index is 0.0845. The quantitative estimate of drug-likeness (QED) is 0.0373. The van der Waals surface area contributed by atoms with Gasteiger partial charge in [-0.1, -0.05) is 327 Å². The molecule has 0 spiro atoms. The first-order valence-corrected chi connectivity index (χ1v) is 34.7. The van der Waals surface area contributed by atoms with Crippen molar-refractivity contribution in [3.05, 3.63) is 134 Å². The molecule has 82 heavy (non-hydrogen) atoms. The number of aliphatic hydroxyl groups excluding tert-OH is 1. The Balaban J connectivity index is 3.52. The first-order valence-electron chi connectivity index (χ1n) is 34.7. The summed E-state index contributed by atoms with van der Waals surface area (Å²) >= 11 is 0. The summed E-state index contributed by atoms with van der Waals surface area (Å²) in [6, 6.07) is 0. The average Bonchev–Trinajstić information content (AvgIpc) is 3.49. The Morgan fingerprint density at radius 1 is 0.293 bits per heavy atom. The van der Waals surface area contributed by atoms with Crippen molar-refractivity contribution in [2.75, 3.05) is 13.2 Å². The van der Waals surface area contributed by atoms with Crippen LogP contribution in [0.2, 0.25) is 0 Å². The van der Waals surface area contributed by atoms with E-state index >= 15 is 0 Å². The maximum Gasteiger partial charge on any atom is 0.306 e. The fourth-order valence-electron chi connectivity index (χ4n) is 9.76. The molecule has 1 atom stereocenters. The van der Waals surface area contributed by atoms with Crippen LogP contribution in [0.25, 0.3) is 0 Å². The second-order valence-corrected chi connectivity index (χ2v) is 22.9. The Kier molecular flexibility index (Phi) is 67.9. The predicted octanol–water partition coefficient (Wildman–Crippen LogP) is 24.3. The molecule has 0 fully saturated rings. The highest BCUT2D eigenvalue weighted by Gasteiger charge is 2.16. The zero-order valence-corrected chi connectivity index (χ0v) is 53.7. The van der Waals surface area contributed by atoms with Crippen molar-refractivity contribution >= 4 is 11.9 Å². The van der Waals surface area contributed by atoms with Crippen molar-refractivity contribution in [1.82, 2.24) is 0 Å². The Bertz CT molecular complexity index is 1670. The minimum atomic E-state index is -0.800. The van der Waals surface area contributed by atoms with Gasteiger partial charge in [0.2, 0.25) is 0 Å². The molecular weight excluding hydrogens is 1000 g/mol. The zero-order valence-electron chi connectivity index (χ0n) is 53.7. The van der Waals surface area contributed by atoms with E-state index in [4.69, 9.17) is 9.47 Å². The summed E-state index contributed by atoms with van der Waals surface area (Å²) in [7, 11) is 0. The van der Waals surface area contributed by atoms with Gasteiger partial charge in [-0.3, -0.25) is 9.59 Å². The van der Waals surface area contributed by atoms with Gasteiger partial charge in [-0.25, -0.2) is 0 Å². The molecule has 0 bridgehead atoms. The third kappa shape index (κ3) is 68.5. The van der Waals surface area contributed by atoms with Gasteiger partial charge in [0.25, 0.3) is 0 Å². The lowest BCUT2D eigenvalue weighted by atomic mass is 10.0. The SMILES string of the molecule is CC/C=C\C/C=C\C/C=C\C/C=C\C/C=C\C/C=C\C/C=C\C/C=C\C/C=C\CCCCCC(=O)OC(CO)COC(=O)CCCCCCCCCCCCCCCCCCCCCCCCCCC/C=C\C/C=C\CCCCCCC. The van der Waals surface area contributed by atoms with Crippen LogP contribution in [0, 0.1) is 0 Å². The Labute approximate surface area is 508 Å². The number of aliphatic hydroxyl groups is 1. The summed E-state index contributed by atoms with van der Waals surface area (Å²) < 4.78 is 10.7. The van der Waals surface area contributed by atoms with Gasteiger partial charge in [0.15, 0.2) is 6.10 Å². The van der Waals surface area contributed by atoms with E-state index in [-0.39, 0.29) is 25.2 Å². The third-order valence-electron chi connectivity index (χ3n) is 14.9. The van der Waals surface area contributed by atoms with Crippen LogP contribution in [-0.2, 0) is 19.1 Å². The zero-order chi connectivity index (χ0) is 59.1. The molecule has 0 aliphatic rings. The van der Waals surface area contributed by atoms with Crippen molar-refractivity contribution in [2.24, 2.45) is 0 Å². The van der Waals surface area contributed by atoms with Crippen molar-refractivity contribution in [3.8, 4) is 0 Å². The molecule has 0 rings (SSSR count). The lowest BCUT2D eigenvalue weighted by Crippen LogP contribution is -2.28. The molecule has 0 aromatic rings. The molecule has 1 N–H and O–H groups in total. The molecule has 5 nitrogen and oxygen atoms in total. The molecule has 0 heterocycles. The van der Waals surface area contributed by atoms with Crippen molar-refractivity contribution in [3.63, 3.8) is 0 Å². The summed E-state index contributed by atoms with van der Waals surface area (Å²) in [4.78, 5) is 24.6. The van der Waals surface area contributed by atoms with E-state index in [9.17, 15) is 14.7 Å². The fourth-order valence-corrected chi connectivity index (χ4v) is 9.76. The number of esters is 2. The largest absolute Gasteiger partial charge is 0.462 e. The van der Waals surface area contributed by atoms with Crippen LogP contribution >= 0.6 is 0 Å². The highest BCUT2D eigenvalue weighted by Crippen LogP contribution is 2.17. The molecule has 0 saturated heterocycles. The second-order valence-electron chi connectivity index (χ2n) is 22.9. The van der Waals surface area contributed by atoms with Gasteiger partial charge in [-0.05, 0) is 116 Å². The van der Waals surface area contributed by atoms with Gasteiger partial charge in [-0.2, -0.15) is 0 Å². The van der Waals surface area contributed by atoms with Crippen molar-refractivity contribution in [1.29, 1.82) is 0 Å². The standard InChI is InChI=1S/C77H130O5/c1-3-5-7-9-11-13-15-17-19-21-23-25-27-29-31-33-35-36-37-38-39-40-42-43-45-47-49-51-53-55-57-59-61-63-65-67-69-71-76(79)81-74-75(73-78)82-77(80)72-70-68-66-64-62-60-58-56-54-52-50-48-46-44-41-34-32-30-28-26-24-22-20-18-16-14-12-10-8-6-4-2/h6,8,12,14-15,17-18,20-21,23-24,26,30,32,41,44,48,50,54,56,60,62,75,78H,3-5,7,9-11,13,16,19,22,25,27-29,31,33-40,42-43,45-47,49,51-53,55,57-59,61,63-74H2,1-2H3/b8-6-,14-12-,17-15-,20-18-,23-21-,26-24-,32-30-,44-41-,50-48-,56-54-,62-60-. The summed E-state index contributed by atoms with van der Waals surface area (Å²) in [6.45, 7) is 4.01. The van der Waals surface area contributed by atoms with E-state index < -0.39 is 6.10 Å². The van der Waals surface area contributed by atoms with Crippen molar-refractivity contribution < 1.29 is 24.2 Å². The topological polar surface area (TPSA) is 72.8 Å². The smallest absolute Gasteiger partial charge is 0.306 e. The lowest BCUT2D eigenvalue weighted by Gasteiger charge is -2.15. The maximum atomic E-state index is 12.3. The number of ether oxygens (including phenoxy) is 2. The molecular formula is C77H130O5. The molecule has 0 amide bonds. The minimum Gasteiger partial charge on any atom is -0.462 e. The van der Waals surface area contributed by atoms with Crippen LogP contribution in [0.3, 0.4) is 0 Å². The molecule has 0 aromatic carbocycles. The van der Waals surface area contributed by atoms with E-state index in [1.165, 1.54) is 186 Å². The molecule has 468 valence electrons. The second kappa shape index (κ2) is 71.3. The molecule has 0 radical (unpaired) electrons. The molecule has 0 aliphatic carbocycles. The number of unbranched alkanes of at least 4 members (excludes halogenated alkanes) is 33. The summed E-state index contributed by atoms with van der Waals surface area (Å²) in [6.07, 6.45) is 106. The van der Waals surface area contributed by atoms with E-state index in [0.29, 0.717) is 12.8 Å². The molecule has 0 aliphatic heterocycles. The van der Waals surface area contributed by atoms with E-state index in [2.05, 4.69) is 148 Å². The van der Waals surface area contributed by atoms with Gasteiger partial charge < -0.3 is 14.6 Å². The predicted molar refractivity (Wildman–Crippen MR) is 361 cm³/mol. The molecule has 0 aromatic heterocycles. The summed E-state index contributed by atoms with van der Waals surface area (Å²) in [5.41, 5.74) is 0. The third-order valence-corrected chi connectivity index (χ3v) is 14.9. The monoisotopic (exact) mass is 1130 g/mol. The van der Waals surface area contributed by atoms with Gasteiger partial charge >= 0.3 is 11.9 Å². The summed E-state index contributed by atoms with van der Waals surface area (Å²) in [5.74, 6) is -0.626. The van der Waals surface area contributed by atoms with Crippen LogP contribution in [0.4, 0.5) is 0 Å². The van der Waals surface area contributed by atoms with E-state index in [1.807, 2.05) is 0 Å². The molecule has 1 unspecified atom stereocenters. The Morgan fingerprint density at radius 2 is 0.524 bits per heavy atom. The van der Waals surface area contributed by atoms with Crippen molar-refractivity contribution in [2.45, 2.75) is 328 Å². The van der Waals surface area contributed by atoms with Crippen LogP contribution in [0.1, 0.15) is 322 Å². The number of carbonyl (C=O) groups is 2. The van der Waals surface area contributed by atoms with E-state index in [0.717, 1.165) is 109 Å². The van der Waals surface area contributed by atoms with Crippen LogP contribution in [0.5, 0.6) is 0 Å². The van der Waals surface area contributed by atoms with Gasteiger partial charge in [0.05, 0.1) is 6.61 Å². The van der Waals surface area contributed by atoms with Gasteiger partial charge in [0.1, 0.15) is 6.61 Å². The van der Waals surface area contributed by atoms with Crippen LogP contribution in [0.15, 0.2) is 134 Å². The fraction of sp³-hybridized carbons (Fsp3) is 0.688. The number of carbonyl (C=O) groups excluding carboxylic acids is 2. The maximum absolute atomic E-state index is 12.3. The first kappa shape index (κ1) is 78.0. The number of allylic oxidation sites excluding steroid dienone is 22. The number of rotatable bonds is 63. The Hall–Kier alpha value is -3.96. The number of hydrogen-bond acceptors (Lipinski definition) is 5. The highest BCUT2D eigenvalue weighted by atomic mass is 16.6. The molecule has 0 saturated carbocycles. The number of hydrogen-bond donors (Lipinski definition) is 1.